The van der Waals surface area contributed by atoms with E-state index in [1.807, 2.05) is 27.7 Å². The highest BCUT2D eigenvalue weighted by atomic mass is 16.6. The minimum Gasteiger partial charge on any atom is -0.396 e. The molecule has 1 aromatic heterocycles. The van der Waals surface area contributed by atoms with Crippen molar-refractivity contribution in [2.24, 2.45) is 0 Å². The van der Waals surface area contributed by atoms with E-state index in [1.54, 1.807) is 6.92 Å². The van der Waals surface area contributed by atoms with Gasteiger partial charge in [-0.3, -0.25) is 4.79 Å². The summed E-state index contributed by atoms with van der Waals surface area (Å²) in [6.07, 6.45) is 0. The fraction of sp³-hybridized carbons (Fsp3) is 0.643. The van der Waals surface area contributed by atoms with Crippen LogP contribution in [0.1, 0.15) is 46.1 Å². The molecular weight excluding hydrogens is 290 g/mol. The summed E-state index contributed by atoms with van der Waals surface area (Å²) < 4.78 is 9.33. The van der Waals surface area contributed by atoms with E-state index in [1.165, 1.54) is 6.92 Å². The Bertz CT molecular complexity index is 479. The van der Waals surface area contributed by atoms with E-state index in [-0.39, 0.29) is 18.2 Å². The summed E-state index contributed by atoms with van der Waals surface area (Å²) in [5, 5.41) is 7.54. The fourth-order valence-corrected chi connectivity index (χ4v) is 1.17. The Morgan fingerprint density at radius 1 is 0.955 bits per heavy atom. The van der Waals surface area contributed by atoms with Crippen molar-refractivity contribution in [3.63, 3.8) is 0 Å². The number of hydrogen-bond acceptors (Lipinski definition) is 5. The SMILES string of the molecule is CC.CC.CC(=O)NCCNC(=O)NCc1oc(=O)oc1C. The van der Waals surface area contributed by atoms with Gasteiger partial charge in [-0.15, -0.1) is 0 Å². The summed E-state index contributed by atoms with van der Waals surface area (Å²) in [7, 11) is 0. The maximum Gasteiger partial charge on any atom is 0.519 e. The lowest BCUT2D eigenvalue weighted by Crippen LogP contribution is -2.39. The lowest BCUT2D eigenvalue weighted by Gasteiger charge is -2.06. The first-order chi connectivity index (χ1) is 10.5. The molecular formula is C14H27N3O5. The van der Waals surface area contributed by atoms with Gasteiger partial charge in [0.1, 0.15) is 5.76 Å². The highest BCUT2D eigenvalue weighted by Gasteiger charge is 2.09. The van der Waals surface area contributed by atoms with Crippen molar-refractivity contribution in [3.8, 4) is 0 Å². The predicted octanol–water partition coefficient (Wildman–Crippen LogP) is 1.53. The normalized spacial score (nSPS) is 8.64. The summed E-state index contributed by atoms with van der Waals surface area (Å²) in [5.74, 6) is -0.348. The molecule has 0 radical (unpaired) electrons. The zero-order valence-electron chi connectivity index (χ0n) is 14.2. The molecule has 0 saturated heterocycles. The lowest BCUT2D eigenvalue weighted by molar-refractivity contribution is -0.118. The molecule has 8 nitrogen and oxygen atoms in total. The van der Waals surface area contributed by atoms with Crippen LogP contribution in [0.25, 0.3) is 0 Å². The van der Waals surface area contributed by atoms with Gasteiger partial charge in [-0.2, -0.15) is 0 Å². The van der Waals surface area contributed by atoms with E-state index in [9.17, 15) is 14.4 Å². The van der Waals surface area contributed by atoms with E-state index in [0.717, 1.165) is 0 Å². The molecule has 22 heavy (non-hydrogen) atoms. The molecule has 0 spiro atoms. The smallest absolute Gasteiger partial charge is 0.396 e. The van der Waals surface area contributed by atoms with Crippen LogP contribution in [0.3, 0.4) is 0 Å². The first-order valence-electron chi connectivity index (χ1n) is 7.34. The number of aryl methyl sites for hydroxylation is 1. The van der Waals surface area contributed by atoms with Crippen LogP contribution in [-0.2, 0) is 11.3 Å². The number of hydrogen-bond donors (Lipinski definition) is 3. The largest absolute Gasteiger partial charge is 0.519 e. The van der Waals surface area contributed by atoms with Crippen molar-refractivity contribution < 1.29 is 18.4 Å². The van der Waals surface area contributed by atoms with Crippen LogP contribution in [0.2, 0.25) is 0 Å². The van der Waals surface area contributed by atoms with Crippen LogP contribution >= 0.6 is 0 Å². The fourth-order valence-electron chi connectivity index (χ4n) is 1.17. The molecule has 3 N–H and O–H groups in total. The third-order valence-electron chi connectivity index (χ3n) is 2.03. The molecule has 0 bridgehead atoms. The van der Waals surface area contributed by atoms with E-state index < -0.39 is 11.9 Å². The lowest BCUT2D eigenvalue weighted by atomic mass is 10.4. The molecule has 0 aliphatic rings. The summed E-state index contributed by atoms with van der Waals surface area (Å²) in [6.45, 7) is 11.7. The second-order valence-electron chi connectivity index (χ2n) is 3.53. The Labute approximate surface area is 130 Å². The van der Waals surface area contributed by atoms with Gasteiger partial charge >= 0.3 is 11.9 Å². The van der Waals surface area contributed by atoms with E-state index in [2.05, 4.69) is 20.4 Å². The molecule has 0 aliphatic carbocycles. The molecule has 3 amide bonds. The first-order valence-corrected chi connectivity index (χ1v) is 7.34. The number of carbonyl (C=O) groups is 2. The Hall–Kier alpha value is -2.25. The Morgan fingerprint density at radius 2 is 1.50 bits per heavy atom. The van der Waals surface area contributed by atoms with Crippen molar-refractivity contribution in [2.75, 3.05) is 13.1 Å². The Balaban J connectivity index is 0. The van der Waals surface area contributed by atoms with Gasteiger partial charge < -0.3 is 24.8 Å². The molecule has 0 atom stereocenters. The van der Waals surface area contributed by atoms with Crippen LogP contribution in [0.5, 0.6) is 0 Å². The Morgan fingerprint density at radius 3 is 1.95 bits per heavy atom. The van der Waals surface area contributed by atoms with Crippen molar-refractivity contribution in [3.05, 3.63) is 22.1 Å². The number of rotatable bonds is 5. The molecule has 1 heterocycles. The van der Waals surface area contributed by atoms with Crippen molar-refractivity contribution >= 4 is 11.9 Å². The van der Waals surface area contributed by atoms with Gasteiger partial charge in [0.25, 0.3) is 0 Å². The van der Waals surface area contributed by atoms with E-state index in [0.29, 0.717) is 18.8 Å². The molecule has 0 unspecified atom stereocenters. The van der Waals surface area contributed by atoms with Gasteiger partial charge in [-0.25, -0.2) is 9.59 Å². The van der Waals surface area contributed by atoms with Crippen molar-refractivity contribution in [2.45, 2.75) is 48.1 Å². The molecule has 0 aliphatic heterocycles. The molecule has 0 aromatic carbocycles. The molecule has 1 aromatic rings. The van der Waals surface area contributed by atoms with E-state index >= 15 is 0 Å². The zero-order chi connectivity index (χ0) is 17.5. The average molecular weight is 317 g/mol. The zero-order valence-corrected chi connectivity index (χ0v) is 14.2. The number of amides is 3. The Kier molecular flexibility index (Phi) is 13.7. The topological polar surface area (TPSA) is 114 Å². The molecule has 128 valence electrons. The van der Waals surface area contributed by atoms with Crippen molar-refractivity contribution in [1.29, 1.82) is 0 Å². The van der Waals surface area contributed by atoms with Crippen LogP contribution in [0.4, 0.5) is 4.79 Å². The minimum absolute atomic E-state index is 0.0591. The van der Waals surface area contributed by atoms with Crippen molar-refractivity contribution in [1.82, 2.24) is 16.0 Å². The summed E-state index contributed by atoms with van der Waals surface area (Å²) in [6, 6.07) is -0.427. The first kappa shape index (κ1) is 22.0. The maximum atomic E-state index is 11.3. The molecule has 8 heteroatoms. The maximum absolute atomic E-state index is 11.3. The predicted molar refractivity (Wildman–Crippen MR) is 83.6 cm³/mol. The van der Waals surface area contributed by atoms with E-state index in [4.69, 9.17) is 4.42 Å². The monoisotopic (exact) mass is 317 g/mol. The standard InChI is InChI=1S/C10H15N3O5.2C2H6/c1-6-8(18-10(16)17-6)5-13-9(15)12-4-3-11-7(2)14;2*1-2/h3-5H2,1-2H3,(H,11,14)(H2,12,13,15);2*1-2H3. The highest BCUT2D eigenvalue weighted by molar-refractivity contribution is 5.74. The van der Waals surface area contributed by atoms with Gasteiger partial charge in [0.05, 0.1) is 6.54 Å². The number of urea groups is 1. The van der Waals surface area contributed by atoms with Gasteiger partial charge in [-0.05, 0) is 6.92 Å². The van der Waals surface area contributed by atoms with Gasteiger partial charge in [-0.1, -0.05) is 27.7 Å². The summed E-state index contributed by atoms with van der Waals surface area (Å²) in [5.41, 5.74) is 0. The molecule has 0 fully saturated rings. The van der Waals surface area contributed by atoms with Crippen LogP contribution < -0.4 is 21.8 Å². The molecule has 0 saturated carbocycles. The number of carbonyl (C=O) groups excluding carboxylic acids is 2. The summed E-state index contributed by atoms with van der Waals surface area (Å²) >= 11 is 0. The van der Waals surface area contributed by atoms with Gasteiger partial charge in [0.15, 0.2) is 5.76 Å². The third kappa shape index (κ3) is 10.5. The van der Waals surface area contributed by atoms with Crippen LogP contribution in [0, 0.1) is 6.92 Å². The minimum atomic E-state index is -0.796. The van der Waals surface area contributed by atoms with Crippen LogP contribution in [-0.4, -0.2) is 25.0 Å². The van der Waals surface area contributed by atoms with Crippen LogP contribution in [0.15, 0.2) is 13.6 Å². The molecule has 1 rings (SSSR count). The van der Waals surface area contributed by atoms with Gasteiger partial charge in [0.2, 0.25) is 5.91 Å². The second-order valence-corrected chi connectivity index (χ2v) is 3.53. The quantitative estimate of drug-likeness (QED) is 0.713. The third-order valence-corrected chi connectivity index (χ3v) is 2.03. The second kappa shape index (κ2) is 13.7. The van der Waals surface area contributed by atoms with Gasteiger partial charge in [0, 0.05) is 20.0 Å². The number of nitrogens with one attached hydrogen (secondary N) is 3. The highest BCUT2D eigenvalue weighted by Crippen LogP contribution is 2.03. The summed E-state index contributed by atoms with van der Waals surface area (Å²) in [4.78, 5) is 32.6. The average Bonchev–Trinajstić information content (AvgIpc) is 2.83.